The molecule has 0 aromatic rings. The molecule has 1 aliphatic heterocycles. The predicted molar refractivity (Wildman–Crippen MR) is 32.1 cm³/mol. The second-order valence-electron chi connectivity index (χ2n) is 1.93. The monoisotopic (exact) mass is 164 g/mol. The summed E-state index contributed by atoms with van der Waals surface area (Å²) in [5, 5.41) is 4.67. The number of rotatable bonds is 2. The van der Waals surface area contributed by atoms with Crippen LogP contribution in [0.5, 0.6) is 0 Å². The highest BCUT2D eigenvalue weighted by Crippen LogP contribution is 2.04. The summed E-state index contributed by atoms with van der Waals surface area (Å²) in [6.45, 7) is -2.84. The molecule has 11 heavy (non-hydrogen) atoms. The molecule has 1 amide bonds. The van der Waals surface area contributed by atoms with E-state index < -0.39 is 18.6 Å². The minimum absolute atomic E-state index is 0.249. The van der Waals surface area contributed by atoms with Crippen LogP contribution in [0.25, 0.3) is 0 Å². The van der Waals surface area contributed by atoms with Crippen LogP contribution in [0, 0.1) is 0 Å². The number of halogens is 2. The number of alkyl halides is 2. The van der Waals surface area contributed by atoms with Gasteiger partial charge in [-0.3, -0.25) is 10.1 Å². The van der Waals surface area contributed by atoms with E-state index in [0.29, 0.717) is 0 Å². The van der Waals surface area contributed by atoms with E-state index in [1.54, 1.807) is 0 Å². The first kappa shape index (κ1) is 7.90. The second-order valence-corrected chi connectivity index (χ2v) is 1.93. The Hall–Kier alpha value is -1.20. The Kier molecular flexibility index (Phi) is 2.35. The summed E-state index contributed by atoms with van der Waals surface area (Å²) in [5.74, 6) is -0.836. The first-order chi connectivity index (χ1) is 5.20. The molecule has 1 N–H and O–H groups in total. The molecule has 0 radical (unpaired) electrons. The van der Waals surface area contributed by atoms with Crippen molar-refractivity contribution in [2.24, 2.45) is 5.16 Å². The van der Waals surface area contributed by atoms with Gasteiger partial charge in [0.25, 0.3) is 5.91 Å². The van der Waals surface area contributed by atoms with Gasteiger partial charge in [-0.2, -0.15) is 8.78 Å². The minimum atomic E-state index is -2.84. The van der Waals surface area contributed by atoms with Gasteiger partial charge in [-0.15, -0.1) is 0 Å². The minimum Gasteiger partial charge on any atom is -0.382 e. The molecule has 1 heterocycles. The van der Waals surface area contributed by atoms with Crippen molar-refractivity contribution < 1.29 is 18.4 Å². The standard InChI is InChI=1S/C5H6F2N2O2/c6-5(7)9-4(10)3-1-2-8-11-3/h2-3,5H,1H2,(H,9,10). The van der Waals surface area contributed by atoms with Gasteiger partial charge >= 0.3 is 6.55 Å². The smallest absolute Gasteiger partial charge is 0.315 e. The van der Waals surface area contributed by atoms with Crippen LogP contribution in [-0.2, 0) is 9.63 Å². The predicted octanol–water partition coefficient (Wildman–Crippen LogP) is 0.0999. The highest BCUT2D eigenvalue weighted by Gasteiger charge is 2.24. The Labute approximate surface area is 61.2 Å². The molecule has 62 valence electrons. The van der Waals surface area contributed by atoms with Crippen molar-refractivity contribution in [3.8, 4) is 0 Å². The topological polar surface area (TPSA) is 50.7 Å². The van der Waals surface area contributed by atoms with Crippen LogP contribution in [0.4, 0.5) is 8.78 Å². The Morgan fingerprint density at radius 2 is 2.55 bits per heavy atom. The van der Waals surface area contributed by atoms with Gasteiger partial charge in [0, 0.05) is 12.6 Å². The first-order valence-corrected chi connectivity index (χ1v) is 2.96. The number of amides is 1. The van der Waals surface area contributed by atoms with Crippen LogP contribution in [0.3, 0.4) is 0 Å². The number of hydrogen-bond donors (Lipinski definition) is 1. The van der Waals surface area contributed by atoms with E-state index in [1.807, 2.05) is 0 Å². The normalized spacial score (nSPS) is 21.9. The lowest BCUT2D eigenvalue weighted by molar-refractivity contribution is -0.135. The molecule has 0 fully saturated rings. The van der Waals surface area contributed by atoms with Gasteiger partial charge in [-0.05, 0) is 0 Å². The summed E-state index contributed by atoms with van der Waals surface area (Å²) in [4.78, 5) is 15.1. The molecular formula is C5H6F2N2O2. The van der Waals surface area contributed by atoms with Crippen LogP contribution in [0.1, 0.15) is 6.42 Å². The number of nitrogens with one attached hydrogen (secondary N) is 1. The number of oxime groups is 1. The molecule has 0 saturated carbocycles. The summed E-state index contributed by atoms with van der Waals surface area (Å²) in [6.07, 6.45) is 0.720. The molecule has 0 aromatic carbocycles. The van der Waals surface area contributed by atoms with Crippen LogP contribution in [0.15, 0.2) is 5.16 Å². The van der Waals surface area contributed by atoms with E-state index in [1.165, 1.54) is 11.5 Å². The van der Waals surface area contributed by atoms with Gasteiger partial charge in [0.1, 0.15) is 0 Å². The van der Waals surface area contributed by atoms with Crippen LogP contribution in [-0.4, -0.2) is 24.8 Å². The third kappa shape index (κ3) is 2.14. The molecule has 1 unspecified atom stereocenters. The molecule has 6 heteroatoms. The molecule has 0 bridgehead atoms. The molecule has 1 aliphatic rings. The van der Waals surface area contributed by atoms with E-state index in [0.717, 1.165) is 0 Å². The fourth-order valence-electron chi connectivity index (χ4n) is 0.654. The fraction of sp³-hybridized carbons (Fsp3) is 0.600. The zero-order valence-corrected chi connectivity index (χ0v) is 5.46. The quantitative estimate of drug-likeness (QED) is 0.588. The van der Waals surface area contributed by atoms with Crippen molar-refractivity contribution >= 4 is 12.1 Å². The molecule has 0 aromatic heterocycles. The van der Waals surface area contributed by atoms with Crippen molar-refractivity contribution in [1.29, 1.82) is 0 Å². The lowest BCUT2D eigenvalue weighted by atomic mass is 10.3. The van der Waals surface area contributed by atoms with E-state index >= 15 is 0 Å². The van der Waals surface area contributed by atoms with E-state index in [9.17, 15) is 13.6 Å². The summed E-state index contributed by atoms with van der Waals surface area (Å²) in [7, 11) is 0. The van der Waals surface area contributed by atoms with Crippen molar-refractivity contribution in [3.63, 3.8) is 0 Å². The van der Waals surface area contributed by atoms with Gasteiger partial charge < -0.3 is 4.84 Å². The highest BCUT2D eigenvalue weighted by molar-refractivity contribution is 5.84. The van der Waals surface area contributed by atoms with Gasteiger partial charge in [0.05, 0.1) is 0 Å². The summed E-state index contributed by atoms with van der Waals surface area (Å²) < 4.78 is 23.0. The molecular weight excluding hydrogens is 158 g/mol. The molecule has 0 saturated heterocycles. The van der Waals surface area contributed by atoms with Crippen LogP contribution in [0.2, 0.25) is 0 Å². The molecule has 1 rings (SSSR count). The summed E-state index contributed by atoms with van der Waals surface area (Å²) in [6, 6.07) is 0. The Bertz CT molecular complexity index is 175. The van der Waals surface area contributed by atoms with E-state index in [-0.39, 0.29) is 6.42 Å². The molecule has 0 aliphatic carbocycles. The van der Waals surface area contributed by atoms with Crippen LogP contribution >= 0.6 is 0 Å². The number of carbonyl (C=O) groups excluding carboxylic acids is 1. The van der Waals surface area contributed by atoms with E-state index in [2.05, 4.69) is 9.99 Å². The maximum absolute atomic E-state index is 11.5. The molecule has 1 atom stereocenters. The van der Waals surface area contributed by atoms with Gasteiger partial charge in [-0.1, -0.05) is 5.16 Å². The van der Waals surface area contributed by atoms with Crippen molar-refractivity contribution in [2.45, 2.75) is 19.1 Å². The average Bonchev–Trinajstić information content (AvgIpc) is 2.35. The van der Waals surface area contributed by atoms with Gasteiger partial charge in [-0.25, -0.2) is 0 Å². The SMILES string of the molecule is O=C(NC(F)F)C1CC=NO1. The Morgan fingerprint density at radius 1 is 1.82 bits per heavy atom. The van der Waals surface area contributed by atoms with E-state index in [4.69, 9.17) is 0 Å². The largest absolute Gasteiger partial charge is 0.382 e. The maximum atomic E-state index is 11.5. The second kappa shape index (κ2) is 3.27. The Balaban J connectivity index is 2.30. The third-order valence-electron chi connectivity index (χ3n) is 1.13. The number of nitrogens with zero attached hydrogens (tertiary/aromatic N) is 1. The summed E-state index contributed by atoms with van der Waals surface area (Å²) in [5.41, 5.74) is 0. The third-order valence-corrected chi connectivity index (χ3v) is 1.13. The lowest BCUT2D eigenvalue weighted by Crippen LogP contribution is -2.37. The first-order valence-electron chi connectivity index (χ1n) is 2.96. The van der Waals surface area contributed by atoms with Crippen molar-refractivity contribution in [3.05, 3.63) is 0 Å². The fourth-order valence-corrected chi connectivity index (χ4v) is 0.654. The zero-order valence-electron chi connectivity index (χ0n) is 5.46. The average molecular weight is 164 g/mol. The molecule has 4 nitrogen and oxygen atoms in total. The van der Waals surface area contributed by atoms with Crippen LogP contribution < -0.4 is 5.32 Å². The van der Waals surface area contributed by atoms with Crippen molar-refractivity contribution in [1.82, 2.24) is 5.32 Å². The van der Waals surface area contributed by atoms with Crippen molar-refractivity contribution in [2.75, 3.05) is 0 Å². The lowest BCUT2D eigenvalue weighted by Gasteiger charge is -2.07. The number of hydrogen-bond acceptors (Lipinski definition) is 3. The highest BCUT2D eigenvalue weighted by atomic mass is 19.3. The molecule has 0 spiro atoms. The zero-order chi connectivity index (χ0) is 8.27. The maximum Gasteiger partial charge on any atom is 0.315 e. The van der Waals surface area contributed by atoms with Gasteiger partial charge in [0.15, 0.2) is 0 Å². The van der Waals surface area contributed by atoms with Gasteiger partial charge in [0.2, 0.25) is 6.10 Å². The number of carbonyl (C=O) groups is 1. The summed E-state index contributed by atoms with van der Waals surface area (Å²) >= 11 is 0. The Morgan fingerprint density at radius 3 is 3.00 bits per heavy atom.